The fourth-order valence-corrected chi connectivity index (χ4v) is 9.50. The molecule has 0 spiro atoms. The summed E-state index contributed by atoms with van der Waals surface area (Å²) in [5.74, 6) is -6.99. The molecule has 49 heavy (non-hydrogen) atoms. The van der Waals surface area contributed by atoms with Crippen molar-refractivity contribution in [3.63, 3.8) is 0 Å². The average molecular weight is 681 g/mol. The summed E-state index contributed by atoms with van der Waals surface area (Å²) in [5.41, 5.74) is -4.55. The highest BCUT2D eigenvalue weighted by Crippen LogP contribution is 2.67. The van der Waals surface area contributed by atoms with Crippen LogP contribution in [0, 0.1) is 39.4 Å². The number of aromatic hydroxyl groups is 1. The van der Waals surface area contributed by atoms with Crippen LogP contribution in [0.25, 0.3) is 0 Å². The van der Waals surface area contributed by atoms with E-state index in [1.807, 2.05) is 34.6 Å². The predicted octanol–water partition coefficient (Wildman–Crippen LogP) is 7.18. The first-order valence-corrected chi connectivity index (χ1v) is 18.0. The fourth-order valence-electron chi connectivity index (χ4n) is 9.50. The Kier molecular flexibility index (Phi) is 8.73. The van der Waals surface area contributed by atoms with Gasteiger partial charge in [0.2, 0.25) is 5.79 Å². The van der Waals surface area contributed by atoms with Gasteiger partial charge in [0.05, 0.1) is 33.7 Å². The summed E-state index contributed by atoms with van der Waals surface area (Å²) in [6.07, 6.45) is 0.939. The summed E-state index contributed by atoms with van der Waals surface area (Å²) in [7, 11) is 0. The number of carbonyl (C=O) groups is 4. The summed E-state index contributed by atoms with van der Waals surface area (Å²) in [4.78, 5) is 56.5. The van der Waals surface area contributed by atoms with E-state index in [0.29, 0.717) is 17.6 Å². The number of allylic oxidation sites excluding steroid dienone is 2. The lowest BCUT2D eigenvalue weighted by molar-refractivity contribution is -0.299. The van der Waals surface area contributed by atoms with Crippen LogP contribution in [0.15, 0.2) is 11.3 Å². The second-order valence-corrected chi connectivity index (χ2v) is 17.8. The molecule has 3 N–H and O–H groups in total. The van der Waals surface area contributed by atoms with Gasteiger partial charge in [-0.25, -0.2) is 0 Å². The van der Waals surface area contributed by atoms with E-state index in [2.05, 4.69) is 0 Å². The molecule has 1 aromatic carbocycles. The standard InChI is InChI=1S/C40H56O9/c1-14-15-16-17-20(41)23-28(42)24-21(18(2)3)26-31(43)36(6,7)34(45)38(10,11)33(26)48-29(24)25-22(19(4)5)27-32(44)37(8,9)35(46)39(12,13)40(27,47)49-30(23)25/h18-19,21-22,27,32,42,44,47H,14-17H2,1-13H3/t21-,22-,27-,32?,40+/m1/s1. The van der Waals surface area contributed by atoms with E-state index in [1.54, 1.807) is 55.4 Å². The summed E-state index contributed by atoms with van der Waals surface area (Å²) in [6.45, 7) is 22.9. The highest BCUT2D eigenvalue weighted by molar-refractivity contribution is 6.20. The van der Waals surface area contributed by atoms with Crippen LogP contribution in [0.3, 0.4) is 0 Å². The summed E-state index contributed by atoms with van der Waals surface area (Å²) >= 11 is 0. The van der Waals surface area contributed by atoms with E-state index < -0.39 is 68.6 Å². The maximum Gasteiger partial charge on any atom is 0.226 e. The molecule has 2 aliphatic carbocycles. The summed E-state index contributed by atoms with van der Waals surface area (Å²) in [6, 6.07) is 0. The first-order chi connectivity index (χ1) is 22.4. The van der Waals surface area contributed by atoms with Gasteiger partial charge in [0.25, 0.3) is 0 Å². The molecule has 4 aliphatic rings. The van der Waals surface area contributed by atoms with Crippen molar-refractivity contribution in [2.24, 2.45) is 39.4 Å². The van der Waals surface area contributed by atoms with Gasteiger partial charge in [-0.3, -0.25) is 19.2 Å². The molecule has 0 amide bonds. The second kappa shape index (κ2) is 11.5. The van der Waals surface area contributed by atoms with Gasteiger partial charge in [-0.15, -0.1) is 0 Å². The van der Waals surface area contributed by atoms with Gasteiger partial charge in [0.1, 0.15) is 28.6 Å². The number of Topliss-reactive ketones (excluding diaryl/α,β-unsaturated/α-hetero) is 4. The Hall–Kier alpha value is -3.04. The zero-order valence-electron chi connectivity index (χ0n) is 31.6. The molecular formula is C40H56O9. The first kappa shape index (κ1) is 37.2. The van der Waals surface area contributed by atoms with Gasteiger partial charge in [0.15, 0.2) is 23.1 Å². The molecule has 2 aliphatic heterocycles. The molecule has 2 heterocycles. The Morgan fingerprint density at radius 2 is 1.43 bits per heavy atom. The van der Waals surface area contributed by atoms with Crippen LogP contribution in [0.4, 0.5) is 0 Å². The fraction of sp³-hybridized carbons (Fsp3) is 0.700. The van der Waals surface area contributed by atoms with Crippen molar-refractivity contribution in [2.75, 3.05) is 0 Å². The number of aliphatic hydroxyl groups excluding tert-OH is 1. The predicted molar refractivity (Wildman–Crippen MR) is 185 cm³/mol. The molecule has 1 fully saturated rings. The lowest BCUT2D eigenvalue weighted by Gasteiger charge is -2.61. The number of benzene rings is 1. The largest absolute Gasteiger partial charge is 0.507 e. The van der Waals surface area contributed by atoms with E-state index in [0.717, 1.165) is 12.8 Å². The van der Waals surface area contributed by atoms with Gasteiger partial charge >= 0.3 is 0 Å². The molecule has 9 nitrogen and oxygen atoms in total. The molecule has 5 atom stereocenters. The number of phenolic OH excluding ortho intramolecular Hbond substituents is 1. The van der Waals surface area contributed by atoms with Gasteiger partial charge in [-0.1, -0.05) is 61.3 Å². The number of unbranched alkanes of at least 4 members (excludes halogenated alkanes) is 2. The molecule has 1 saturated carbocycles. The van der Waals surface area contributed by atoms with E-state index in [4.69, 9.17) is 9.47 Å². The van der Waals surface area contributed by atoms with Crippen LogP contribution in [0.5, 0.6) is 17.2 Å². The van der Waals surface area contributed by atoms with Gasteiger partial charge in [0, 0.05) is 35.0 Å². The van der Waals surface area contributed by atoms with Crippen LogP contribution in [0.1, 0.15) is 149 Å². The van der Waals surface area contributed by atoms with E-state index in [9.17, 15) is 34.5 Å². The van der Waals surface area contributed by atoms with E-state index >= 15 is 0 Å². The monoisotopic (exact) mass is 680 g/mol. The number of fused-ring (bicyclic) bond motifs is 4. The van der Waals surface area contributed by atoms with Crippen LogP contribution < -0.4 is 9.47 Å². The zero-order chi connectivity index (χ0) is 37.1. The lowest BCUT2D eigenvalue weighted by atomic mass is 9.50. The van der Waals surface area contributed by atoms with Crippen molar-refractivity contribution >= 4 is 23.1 Å². The minimum Gasteiger partial charge on any atom is -0.507 e. The average Bonchev–Trinajstić information content (AvgIpc) is 3.00. The number of hydrogen-bond acceptors (Lipinski definition) is 9. The Morgan fingerprint density at radius 3 is 1.96 bits per heavy atom. The van der Waals surface area contributed by atoms with Crippen LogP contribution in [-0.4, -0.2) is 50.3 Å². The molecule has 0 radical (unpaired) electrons. The van der Waals surface area contributed by atoms with E-state index in [-0.39, 0.29) is 58.2 Å². The van der Waals surface area contributed by atoms with Crippen molar-refractivity contribution in [1.82, 2.24) is 0 Å². The number of carbonyl (C=O) groups excluding carboxylic acids is 4. The van der Waals surface area contributed by atoms with Crippen molar-refractivity contribution in [3.05, 3.63) is 28.0 Å². The van der Waals surface area contributed by atoms with E-state index in [1.165, 1.54) is 0 Å². The Morgan fingerprint density at radius 1 is 0.837 bits per heavy atom. The number of aliphatic hydroxyl groups is 2. The quantitative estimate of drug-likeness (QED) is 0.155. The van der Waals surface area contributed by atoms with Gasteiger partial charge < -0.3 is 24.8 Å². The zero-order valence-corrected chi connectivity index (χ0v) is 31.6. The van der Waals surface area contributed by atoms with Crippen LogP contribution in [-0.2, 0) is 14.4 Å². The Labute approximate surface area is 290 Å². The highest BCUT2D eigenvalue weighted by Gasteiger charge is 2.72. The second-order valence-electron chi connectivity index (χ2n) is 17.8. The first-order valence-electron chi connectivity index (χ1n) is 18.0. The molecule has 5 rings (SSSR count). The number of rotatable bonds is 7. The normalized spacial score (nSPS) is 30.7. The lowest BCUT2D eigenvalue weighted by Crippen LogP contribution is -2.73. The Bertz CT molecular complexity index is 1670. The van der Waals surface area contributed by atoms with Crippen LogP contribution in [0.2, 0.25) is 0 Å². The maximum absolute atomic E-state index is 14.3. The molecule has 0 aromatic heterocycles. The molecular weight excluding hydrogens is 624 g/mol. The maximum atomic E-state index is 14.3. The molecule has 1 aromatic rings. The number of phenols is 1. The summed E-state index contributed by atoms with van der Waals surface area (Å²) < 4.78 is 13.4. The SMILES string of the molecule is CCCCCC(=O)c1c(O)c2c(c3c1O[C@@]1(O)[C@@H](C(O)C(C)(C)C(=O)C1(C)C)[C@@H]3C(C)C)OC1=C(C(=O)C(C)(C)C(=O)C1(C)C)[C@@H]2C(C)C. The minimum atomic E-state index is -2.27. The van der Waals surface area contributed by atoms with Crippen LogP contribution >= 0.6 is 0 Å². The smallest absolute Gasteiger partial charge is 0.226 e. The summed E-state index contributed by atoms with van der Waals surface area (Å²) in [5, 5.41) is 37.1. The Balaban J connectivity index is 1.95. The van der Waals surface area contributed by atoms with Crippen molar-refractivity contribution in [3.8, 4) is 17.2 Å². The number of hydrogen-bond donors (Lipinski definition) is 3. The van der Waals surface area contributed by atoms with Crippen molar-refractivity contribution < 1.29 is 44.0 Å². The highest BCUT2D eigenvalue weighted by atomic mass is 16.6. The number of ketones is 4. The third-order valence-corrected chi connectivity index (χ3v) is 12.3. The third-order valence-electron chi connectivity index (χ3n) is 12.3. The van der Waals surface area contributed by atoms with Gasteiger partial charge in [-0.05, 0) is 59.8 Å². The third kappa shape index (κ3) is 4.77. The molecule has 1 unspecified atom stereocenters. The molecule has 0 saturated heterocycles. The minimum absolute atomic E-state index is 0.0823. The molecule has 270 valence electrons. The number of ether oxygens (including phenoxy) is 2. The van der Waals surface area contributed by atoms with Crippen molar-refractivity contribution in [2.45, 2.75) is 139 Å². The topological polar surface area (TPSA) is 147 Å². The molecule has 9 heteroatoms. The molecule has 0 bridgehead atoms. The van der Waals surface area contributed by atoms with Crippen molar-refractivity contribution in [1.29, 1.82) is 0 Å². The van der Waals surface area contributed by atoms with Gasteiger partial charge in [-0.2, -0.15) is 0 Å².